The normalized spacial score (nSPS) is 11.4. The zero-order valence-electron chi connectivity index (χ0n) is 21.9. The number of fused-ring (bicyclic) bond motifs is 1. The summed E-state index contributed by atoms with van der Waals surface area (Å²) in [5.74, 6) is 0.860. The van der Waals surface area contributed by atoms with Crippen LogP contribution in [0.5, 0.6) is 23.0 Å². The van der Waals surface area contributed by atoms with E-state index < -0.39 is 5.82 Å². The zero-order chi connectivity index (χ0) is 27.2. The van der Waals surface area contributed by atoms with Gasteiger partial charge < -0.3 is 23.5 Å². The SMILES string of the molecule is COc1cc(/C=C\c2cc(F)c(OC)c(N=CCC(=O)c3cn(C)c4ccccc34)c2)cc(OC)c1OC. The molecule has 0 atom stereocenters. The van der Waals surface area contributed by atoms with Crippen LogP contribution in [0.25, 0.3) is 23.1 Å². The summed E-state index contributed by atoms with van der Waals surface area (Å²) in [4.78, 5) is 17.3. The van der Waals surface area contributed by atoms with E-state index in [1.54, 1.807) is 44.6 Å². The highest BCUT2D eigenvalue weighted by atomic mass is 19.1. The van der Waals surface area contributed by atoms with Crippen molar-refractivity contribution in [3.05, 3.63) is 77.2 Å². The predicted molar refractivity (Wildman–Crippen MR) is 148 cm³/mol. The Balaban J connectivity index is 1.59. The zero-order valence-corrected chi connectivity index (χ0v) is 21.9. The van der Waals surface area contributed by atoms with E-state index in [0.29, 0.717) is 28.4 Å². The molecule has 0 spiro atoms. The third-order valence-electron chi connectivity index (χ3n) is 6.11. The van der Waals surface area contributed by atoms with Crippen LogP contribution >= 0.6 is 0 Å². The average Bonchev–Trinajstić information content (AvgIpc) is 3.27. The summed E-state index contributed by atoms with van der Waals surface area (Å²) in [6, 6.07) is 14.3. The smallest absolute Gasteiger partial charge is 0.203 e. The van der Waals surface area contributed by atoms with Gasteiger partial charge in [-0.3, -0.25) is 9.79 Å². The number of benzene rings is 3. The van der Waals surface area contributed by atoms with Gasteiger partial charge in [0.05, 0.1) is 28.4 Å². The summed E-state index contributed by atoms with van der Waals surface area (Å²) in [7, 11) is 7.90. The lowest BCUT2D eigenvalue weighted by Crippen LogP contribution is -1.99. The highest BCUT2D eigenvalue weighted by molar-refractivity contribution is 6.12. The number of aryl methyl sites for hydroxylation is 1. The van der Waals surface area contributed by atoms with Crippen LogP contribution in [-0.2, 0) is 7.05 Å². The molecule has 0 radical (unpaired) electrons. The maximum Gasteiger partial charge on any atom is 0.203 e. The largest absolute Gasteiger partial charge is 0.493 e. The molecule has 7 nitrogen and oxygen atoms in total. The van der Waals surface area contributed by atoms with Crippen molar-refractivity contribution in [1.82, 2.24) is 4.57 Å². The first-order valence-corrected chi connectivity index (χ1v) is 11.9. The number of methoxy groups -OCH3 is 4. The predicted octanol–water partition coefficient (Wildman–Crippen LogP) is 6.50. The summed E-state index contributed by atoms with van der Waals surface area (Å²) < 4.78 is 38.1. The number of carbonyl (C=O) groups excluding carboxylic acids is 1. The van der Waals surface area contributed by atoms with Gasteiger partial charge in [0.1, 0.15) is 5.69 Å². The van der Waals surface area contributed by atoms with Crippen molar-refractivity contribution in [3.63, 3.8) is 0 Å². The molecule has 0 saturated heterocycles. The molecule has 0 N–H and O–H groups in total. The summed E-state index contributed by atoms with van der Waals surface area (Å²) >= 11 is 0. The maximum absolute atomic E-state index is 14.8. The highest BCUT2D eigenvalue weighted by Crippen LogP contribution is 2.39. The van der Waals surface area contributed by atoms with Gasteiger partial charge in [0, 0.05) is 42.3 Å². The third kappa shape index (κ3) is 5.39. The van der Waals surface area contributed by atoms with Gasteiger partial charge in [0.2, 0.25) is 5.75 Å². The monoisotopic (exact) mass is 516 g/mol. The molecule has 1 heterocycles. The van der Waals surface area contributed by atoms with Gasteiger partial charge in [-0.2, -0.15) is 0 Å². The number of aliphatic imine (C=N–C) groups is 1. The minimum atomic E-state index is -0.563. The number of hydrogen-bond acceptors (Lipinski definition) is 6. The Hall–Kier alpha value is -4.59. The fourth-order valence-corrected chi connectivity index (χ4v) is 4.28. The molecular weight excluding hydrogens is 487 g/mol. The van der Waals surface area contributed by atoms with Crippen LogP contribution in [0, 0.1) is 5.82 Å². The molecule has 4 aromatic rings. The highest BCUT2D eigenvalue weighted by Gasteiger charge is 2.15. The lowest BCUT2D eigenvalue weighted by Gasteiger charge is -2.13. The van der Waals surface area contributed by atoms with Crippen LogP contribution in [0.3, 0.4) is 0 Å². The minimum Gasteiger partial charge on any atom is -0.493 e. The van der Waals surface area contributed by atoms with Gasteiger partial charge in [-0.1, -0.05) is 30.4 Å². The molecule has 3 aromatic carbocycles. The Kier molecular flexibility index (Phi) is 8.11. The van der Waals surface area contributed by atoms with E-state index >= 15 is 0 Å². The van der Waals surface area contributed by atoms with Crippen LogP contribution in [0.1, 0.15) is 27.9 Å². The number of para-hydroxylation sites is 1. The van der Waals surface area contributed by atoms with Crippen LogP contribution in [0.4, 0.5) is 10.1 Å². The summed E-state index contributed by atoms with van der Waals surface area (Å²) in [5, 5.41) is 0.885. The van der Waals surface area contributed by atoms with Gasteiger partial charge >= 0.3 is 0 Å². The average molecular weight is 517 g/mol. The van der Waals surface area contributed by atoms with Gasteiger partial charge in [0.25, 0.3) is 0 Å². The van der Waals surface area contributed by atoms with Crippen molar-refractivity contribution in [1.29, 1.82) is 0 Å². The van der Waals surface area contributed by atoms with Crippen LogP contribution in [-0.4, -0.2) is 45.0 Å². The lowest BCUT2D eigenvalue weighted by atomic mass is 10.1. The lowest BCUT2D eigenvalue weighted by molar-refractivity contribution is 0.100. The Morgan fingerprint density at radius 2 is 1.53 bits per heavy atom. The van der Waals surface area contributed by atoms with Crippen molar-refractivity contribution in [2.24, 2.45) is 12.0 Å². The molecular formula is C30H29FN2O5. The van der Waals surface area contributed by atoms with E-state index in [-0.39, 0.29) is 23.6 Å². The Labute approximate surface area is 220 Å². The number of aromatic nitrogens is 1. The first-order chi connectivity index (χ1) is 18.4. The molecule has 38 heavy (non-hydrogen) atoms. The number of ether oxygens (including phenoxy) is 4. The van der Waals surface area contributed by atoms with Gasteiger partial charge in [-0.25, -0.2) is 4.39 Å². The second-order valence-electron chi connectivity index (χ2n) is 8.46. The first kappa shape index (κ1) is 26.5. The standard InChI is InChI=1S/C30H29FN2O5/c1-33-18-22(21-8-6-7-9-25(21)33)26(34)12-13-32-24-15-19(14-23(31)29(24)37-4)10-11-20-16-27(35-2)30(38-5)28(17-20)36-3/h6-11,13-18H,12H2,1-5H3/b11-10-,32-13?. The summed E-state index contributed by atoms with van der Waals surface area (Å²) in [6.07, 6.45) is 6.89. The van der Waals surface area contributed by atoms with E-state index in [1.165, 1.54) is 26.5 Å². The molecule has 196 valence electrons. The Bertz CT molecular complexity index is 1510. The number of ketones is 1. The maximum atomic E-state index is 14.8. The molecule has 0 aliphatic heterocycles. The van der Waals surface area contributed by atoms with E-state index in [4.69, 9.17) is 18.9 Å². The number of carbonyl (C=O) groups is 1. The van der Waals surface area contributed by atoms with Crippen molar-refractivity contribution >= 4 is 40.7 Å². The fourth-order valence-electron chi connectivity index (χ4n) is 4.28. The molecule has 0 bridgehead atoms. The number of nitrogens with zero attached hydrogens (tertiary/aromatic N) is 2. The Morgan fingerprint density at radius 3 is 2.16 bits per heavy atom. The molecule has 0 fully saturated rings. The number of Topliss-reactive ketones (excluding diaryl/α,β-unsaturated/α-hetero) is 1. The van der Waals surface area contributed by atoms with Crippen LogP contribution < -0.4 is 18.9 Å². The van der Waals surface area contributed by atoms with Gasteiger partial charge in [0.15, 0.2) is 28.8 Å². The van der Waals surface area contributed by atoms with Gasteiger partial charge in [-0.05, 0) is 41.5 Å². The molecule has 0 unspecified atom stereocenters. The quantitative estimate of drug-likeness (QED) is 0.137. The minimum absolute atomic E-state index is 0.00351. The van der Waals surface area contributed by atoms with E-state index in [1.807, 2.05) is 42.1 Å². The van der Waals surface area contributed by atoms with E-state index in [0.717, 1.165) is 16.5 Å². The molecule has 4 rings (SSSR count). The fraction of sp³-hybridized carbons (Fsp3) is 0.200. The molecule has 0 aliphatic carbocycles. The number of halogens is 1. The molecule has 0 saturated carbocycles. The molecule has 8 heteroatoms. The van der Waals surface area contributed by atoms with E-state index in [2.05, 4.69) is 4.99 Å². The molecule has 0 amide bonds. The summed E-state index contributed by atoms with van der Waals surface area (Å²) in [6.45, 7) is 0. The third-order valence-corrected chi connectivity index (χ3v) is 6.11. The van der Waals surface area contributed by atoms with Crippen LogP contribution in [0.2, 0.25) is 0 Å². The Morgan fingerprint density at radius 1 is 0.895 bits per heavy atom. The van der Waals surface area contributed by atoms with Gasteiger partial charge in [-0.15, -0.1) is 0 Å². The van der Waals surface area contributed by atoms with Crippen molar-refractivity contribution < 1.29 is 28.1 Å². The van der Waals surface area contributed by atoms with Crippen LogP contribution in [0.15, 0.2) is 59.7 Å². The van der Waals surface area contributed by atoms with Crippen molar-refractivity contribution in [3.8, 4) is 23.0 Å². The van der Waals surface area contributed by atoms with Crippen molar-refractivity contribution in [2.75, 3.05) is 28.4 Å². The first-order valence-electron chi connectivity index (χ1n) is 11.9. The number of hydrogen-bond donors (Lipinski definition) is 0. The molecule has 1 aromatic heterocycles. The second-order valence-corrected chi connectivity index (χ2v) is 8.46. The molecule has 0 aliphatic rings. The van der Waals surface area contributed by atoms with Crippen molar-refractivity contribution in [2.45, 2.75) is 6.42 Å². The van der Waals surface area contributed by atoms with E-state index in [9.17, 15) is 9.18 Å². The topological polar surface area (TPSA) is 71.3 Å². The number of rotatable bonds is 10. The second kappa shape index (κ2) is 11.6. The summed E-state index contributed by atoms with van der Waals surface area (Å²) in [5.41, 5.74) is 3.20.